The van der Waals surface area contributed by atoms with Gasteiger partial charge in [0.1, 0.15) is 35.2 Å². The normalized spacial score (nSPS) is 11.1. The summed E-state index contributed by atoms with van der Waals surface area (Å²) in [5.41, 5.74) is 10.1. The first-order chi connectivity index (χ1) is 15.3. The molecule has 2 aromatic heterocycles. The Kier molecular flexibility index (Phi) is 6.82. The first-order valence-electron chi connectivity index (χ1n) is 11.1. The van der Waals surface area contributed by atoms with Crippen LogP contribution in [0.1, 0.15) is 50.4 Å². The number of nitrogens with zero attached hydrogens (tertiary/aromatic N) is 3. The van der Waals surface area contributed by atoms with Crippen LogP contribution >= 0.6 is 0 Å². The van der Waals surface area contributed by atoms with Crippen molar-refractivity contribution in [2.45, 2.75) is 52.1 Å². The van der Waals surface area contributed by atoms with E-state index in [1.54, 1.807) is 6.20 Å². The molecular formula is C26H30N4O. The molecule has 0 unspecified atom stereocenters. The molecule has 0 aliphatic heterocycles. The highest BCUT2D eigenvalue weighted by Crippen LogP contribution is 2.31. The third-order valence-corrected chi connectivity index (χ3v) is 5.52. The van der Waals surface area contributed by atoms with Crippen LogP contribution in [0, 0.1) is 0 Å². The van der Waals surface area contributed by atoms with Gasteiger partial charge in [-0.3, -0.25) is 4.40 Å². The van der Waals surface area contributed by atoms with Crippen molar-refractivity contribution in [1.82, 2.24) is 14.4 Å². The van der Waals surface area contributed by atoms with Crippen molar-refractivity contribution < 1.29 is 4.74 Å². The average molecular weight is 415 g/mol. The van der Waals surface area contributed by atoms with E-state index in [-0.39, 0.29) is 0 Å². The molecule has 5 heteroatoms. The number of aromatic nitrogens is 3. The fraction of sp³-hybridized carbons (Fsp3) is 0.308. The number of fused-ring (bicyclic) bond motifs is 1. The van der Waals surface area contributed by atoms with Gasteiger partial charge in [0.15, 0.2) is 0 Å². The molecule has 5 nitrogen and oxygen atoms in total. The number of rotatable bonds is 10. The molecule has 0 saturated heterocycles. The molecule has 2 aromatic carbocycles. The third kappa shape index (κ3) is 5.05. The minimum Gasteiger partial charge on any atom is -0.489 e. The van der Waals surface area contributed by atoms with Gasteiger partial charge in [-0.2, -0.15) is 0 Å². The van der Waals surface area contributed by atoms with Gasteiger partial charge in [-0.05, 0) is 24.1 Å². The first kappa shape index (κ1) is 20.9. The summed E-state index contributed by atoms with van der Waals surface area (Å²) in [6.07, 6.45) is 10.8. The molecule has 0 aliphatic rings. The minimum atomic E-state index is 0.498. The Morgan fingerprint density at radius 3 is 2.65 bits per heavy atom. The van der Waals surface area contributed by atoms with Crippen molar-refractivity contribution in [1.29, 1.82) is 0 Å². The zero-order valence-electron chi connectivity index (χ0n) is 18.1. The van der Waals surface area contributed by atoms with E-state index in [1.807, 2.05) is 42.6 Å². The monoisotopic (exact) mass is 414 g/mol. The smallest absolute Gasteiger partial charge is 0.150 e. The molecule has 2 heterocycles. The number of anilines is 1. The van der Waals surface area contributed by atoms with Gasteiger partial charge in [0, 0.05) is 24.4 Å². The molecule has 4 aromatic rings. The van der Waals surface area contributed by atoms with E-state index in [2.05, 4.69) is 34.5 Å². The Morgan fingerprint density at radius 2 is 1.81 bits per heavy atom. The highest BCUT2D eigenvalue weighted by Gasteiger charge is 2.16. The number of ether oxygens (including phenoxy) is 1. The van der Waals surface area contributed by atoms with Crippen LogP contribution in [0.3, 0.4) is 0 Å². The second-order valence-electron chi connectivity index (χ2n) is 7.87. The Balaban J connectivity index is 1.58. The van der Waals surface area contributed by atoms with Crippen molar-refractivity contribution in [2.24, 2.45) is 0 Å². The van der Waals surface area contributed by atoms with E-state index >= 15 is 0 Å². The highest BCUT2D eigenvalue weighted by atomic mass is 16.5. The SMILES string of the molecule is CCCCCCCc1nc(-c2cccc(OCc3ccccc3)c2)c2c(N)nccn12. The largest absolute Gasteiger partial charge is 0.489 e. The van der Waals surface area contributed by atoms with Crippen LogP contribution in [-0.4, -0.2) is 14.4 Å². The Morgan fingerprint density at radius 1 is 0.968 bits per heavy atom. The molecule has 0 fully saturated rings. The summed E-state index contributed by atoms with van der Waals surface area (Å²) in [6.45, 7) is 2.77. The maximum Gasteiger partial charge on any atom is 0.150 e. The third-order valence-electron chi connectivity index (χ3n) is 5.52. The standard InChI is InChI=1S/C26H30N4O/c1-2-3-4-5-9-15-23-29-24(25-26(27)28-16-17-30(23)25)21-13-10-14-22(18-21)31-19-20-11-7-6-8-12-20/h6-8,10-14,16-18H,2-5,9,15,19H2,1H3,(H2,27,28). The van der Waals surface area contributed by atoms with Crippen LogP contribution in [0.15, 0.2) is 67.0 Å². The second-order valence-corrected chi connectivity index (χ2v) is 7.87. The lowest BCUT2D eigenvalue weighted by Crippen LogP contribution is -1.99. The Hall–Kier alpha value is -3.34. The second kappa shape index (κ2) is 10.1. The van der Waals surface area contributed by atoms with E-state index in [9.17, 15) is 0 Å². The lowest BCUT2D eigenvalue weighted by atomic mass is 10.1. The van der Waals surface area contributed by atoms with Gasteiger partial charge >= 0.3 is 0 Å². The van der Waals surface area contributed by atoms with Crippen molar-refractivity contribution in [3.63, 3.8) is 0 Å². The summed E-state index contributed by atoms with van der Waals surface area (Å²) in [7, 11) is 0. The molecule has 0 atom stereocenters. The van der Waals surface area contributed by atoms with E-state index in [0.717, 1.165) is 46.8 Å². The number of benzene rings is 2. The van der Waals surface area contributed by atoms with Crippen LogP contribution in [0.5, 0.6) is 5.75 Å². The number of hydrogen-bond donors (Lipinski definition) is 1. The Bertz CT molecular complexity index is 1120. The summed E-state index contributed by atoms with van der Waals surface area (Å²) >= 11 is 0. The summed E-state index contributed by atoms with van der Waals surface area (Å²) in [5, 5.41) is 0. The number of nitrogens with two attached hydrogens (primary N) is 1. The van der Waals surface area contributed by atoms with Gasteiger partial charge in [0.2, 0.25) is 0 Å². The highest BCUT2D eigenvalue weighted by molar-refractivity contribution is 5.85. The summed E-state index contributed by atoms with van der Waals surface area (Å²) in [4.78, 5) is 9.30. The van der Waals surface area contributed by atoms with Crippen LogP contribution in [-0.2, 0) is 13.0 Å². The maximum atomic E-state index is 6.27. The van der Waals surface area contributed by atoms with Crippen LogP contribution in [0.25, 0.3) is 16.8 Å². The number of nitrogen functional groups attached to an aromatic ring is 1. The molecule has 0 amide bonds. The molecule has 31 heavy (non-hydrogen) atoms. The van der Waals surface area contributed by atoms with Gasteiger partial charge in [-0.1, -0.05) is 75.1 Å². The zero-order chi connectivity index (χ0) is 21.5. The fourth-order valence-corrected chi connectivity index (χ4v) is 3.86. The van der Waals surface area contributed by atoms with Gasteiger partial charge in [0.25, 0.3) is 0 Å². The van der Waals surface area contributed by atoms with E-state index in [4.69, 9.17) is 15.5 Å². The van der Waals surface area contributed by atoms with Crippen molar-refractivity contribution >= 4 is 11.3 Å². The van der Waals surface area contributed by atoms with Crippen molar-refractivity contribution in [2.75, 3.05) is 5.73 Å². The first-order valence-corrected chi connectivity index (χ1v) is 11.1. The summed E-state index contributed by atoms with van der Waals surface area (Å²) < 4.78 is 8.12. The summed E-state index contributed by atoms with van der Waals surface area (Å²) in [5.74, 6) is 2.34. The molecular weight excluding hydrogens is 384 g/mol. The summed E-state index contributed by atoms with van der Waals surface area (Å²) in [6, 6.07) is 18.2. The van der Waals surface area contributed by atoms with E-state index in [1.165, 1.54) is 25.7 Å². The molecule has 2 N–H and O–H groups in total. The van der Waals surface area contributed by atoms with Crippen molar-refractivity contribution in [3.05, 3.63) is 78.4 Å². The lowest BCUT2D eigenvalue weighted by molar-refractivity contribution is 0.306. The zero-order valence-corrected chi connectivity index (χ0v) is 18.1. The van der Waals surface area contributed by atoms with Crippen LogP contribution in [0.4, 0.5) is 5.82 Å². The maximum absolute atomic E-state index is 6.27. The predicted molar refractivity (Wildman–Crippen MR) is 126 cm³/mol. The van der Waals surface area contributed by atoms with Crippen LogP contribution in [0.2, 0.25) is 0 Å². The van der Waals surface area contributed by atoms with Gasteiger partial charge in [-0.15, -0.1) is 0 Å². The molecule has 0 radical (unpaired) electrons. The molecule has 0 spiro atoms. The minimum absolute atomic E-state index is 0.498. The average Bonchev–Trinajstić information content (AvgIpc) is 3.18. The van der Waals surface area contributed by atoms with Gasteiger partial charge in [0.05, 0.1) is 0 Å². The number of hydrogen-bond acceptors (Lipinski definition) is 4. The topological polar surface area (TPSA) is 65.4 Å². The van der Waals surface area contributed by atoms with E-state index < -0.39 is 0 Å². The van der Waals surface area contributed by atoms with Gasteiger partial charge < -0.3 is 10.5 Å². The molecule has 4 rings (SSSR count). The number of imidazole rings is 1. The molecule has 0 aliphatic carbocycles. The lowest BCUT2D eigenvalue weighted by Gasteiger charge is -2.08. The molecule has 160 valence electrons. The van der Waals surface area contributed by atoms with E-state index in [0.29, 0.717) is 12.4 Å². The molecule has 0 bridgehead atoms. The molecule has 0 saturated carbocycles. The Labute approximate surface area is 183 Å². The number of unbranched alkanes of at least 4 members (excludes halogenated alkanes) is 4. The predicted octanol–water partition coefficient (Wildman–Crippen LogP) is 6.07. The van der Waals surface area contributed by atoms with Crippen LogP contribution < -0.4 is 10.5 Å². The van der Waals surface area contributed by atoms with Crippen molar-refractivity contribution in [3.8, 4) is 17.0 Å². The quantitative estimate of drug-likeness (QED) is 0.320. The van der Waals surface area contributed by atoms with Gasteiger partial charge in [-0.25, -0.2) is 9.97 Å². The number of aryl methyl sites for hydroxylation is 1. The fourth-order valence-electron chi connectivity index (χ4n) is 3.86.